The van der Waals surface area contributed by atoms with Crippen LogP contribution in [0, 0.1) is 6.92 Å². The molecule has 5 aromatic rings. The number of allylic oxidation sites excluding steroid dienone is 1. The van der Waals surface area contributed by atoms with Crippen molar-refractivity contribution in [3.05, 3.63) is 113 Å². The molecular formula is C29H19NO2. The van der Waals surface area contributed by atoms with Crippen molar-refractivity contribution in [1.82, 2.24) is 4.98 Å². The number of nitrogens with one attached hydrogen (secondary N) is 1. The van der Waals surface area contributed by atoms with Gasteiger partial charge in [0.1, 0.15) is 16.9 Å². The Kier molecular flexibility index (Phi) is 3.28. The molecule has 0 spiro atoms. The van der Waals surface area contributed by atoms with Crippen LogP contribution in [-0.2, 0) is 10.2 Å². The van der Waals surface area contributed by atoms with Crippen molar-refractivity contribution in [3.8, 4) is 11.5 Å². The molecule has 0 saturated heterocycles. The van der Waals surface area contributed by atoms with Crippen LogP contribution in [0.4, 0.5) is 0 Å². The third-order valence-corrected chi connectivity index (χ3v) is 6.94. The zero-order valence-corrected chi connectivity index (χ0v) is 17.5. The zero-order valence-electron chi connectivity index (χ0n) is 17.5. The lowest BCUT2D eigenvalue weighted by atomic mass is 9.61. The van der Waals surface area contributed by atoms with Crippen molar-refractivity contribution in [2.75, 3.05) is 0 Å². The fourth-order valence-electron chi connectivity index (χ4n) is 5.62. The van der Waals surface area contributed by atoms with Gasteiger partial charge in [-0.3, -0.25) is 4.79 Å². The van der Waals surface area contributed by atoms with Crippen LogP contribution in [0.25, 0.3) is 27.8 Å². The highest BCUT2D eigenvalue weighted by Gasteiger charge is 2.53. The van der Waals surface area contributed by atoms with Gasteiger partial charge in [-0.2, -0.15) is 0 Å². The summed E-state index contributed by atoms with van der Waals surface area (Å²) < 4.78 is 6.44. The number of ether oxygens (including phenoxy) is 1. The van der Waals surface area contributed by atoms with Gasteiger partial charge in [0.15, 0.2) is 5.78 Å². The van der Waals surface area contributed by atoms with Gasteiger partial charge in [0, 0.05) is 33.8 Å². The molecule has 1 aliphatic heterocycles. The predicted octanol–water partition coefficient (Wildman–Crippen LogP) is 6.67. The van der Waals surface area contributed by atoms with Gasteiger partial charge in [0.25, 0.3) is 0 Å². The number of carbonyl (C=O) groups excluding carboxylic acids is 1. The Morgan fingerprint density at radius 3 is 2.62 bits per heavy atom. The van der Waals surface area contributed by atoms with E-state index in [0.29, 0.717) is 0 Å². The van der Waals surface area contributed by atoms with Gasteiger partial charge in [-0.1, -0.05) is 60.2 Å². The van der Waals surface area contributed by atoms with E-state index in [1.54, 1.807) is 6.08 Å². The number of aryl methyl sites for hydroxylation is 1. The Labute approximate surface area is 185 Å². The van der Waals surface area contributed by atoms with Gasteiger partial charge in [-0.25, -0.2) is 0 Å². The van der Waals surface area contributed by atoms with Crippen LogP contribution in [0.1, 0.15) is 27.8 Å². The second kappa shape index (κ2) is 5.98. The maximum atomic E-state index is 14.2. The molecule has 1 aliphatic carbocycles. The molecule has 0 saturated carbocycles. The van der Waals surface area contributed by atoms with Gasteiger partial charge < -0.3 is 9.72 Å². The Morgan fingerprint density at radius 2 is 1.69 bits per heavy atom. The second-order valence-corrected chi connectivity index (χ2v) is 8.68. The topological polar surface area (TPSA) is 42.1 Å². The molecule has 1 unspecified atom stereocenters. The number of hydrogen-bond donors (Lipinski definition) is 1. The van der Waals surface area contributed by atoms with E-state index in [1.165, 1.54) is 0 Å². The lowest BCUT2D eigenvalue weighted by Crippen LogP contribution is -2.42. The van der Waals surface area contributed by atoms with Gasteiger partial charge in [0.05, 0.1) is 0 Å². The van der Waals surface area contributed by atoms with Crippen molar-refractivity contribution in [2.24, 2.45) is 0 Å². The highest BCUT2D eigenvalue weighted by molar-refractivity contribution is 6.16. The first-order valence-electron chi connectivity index (χ1n) is 10.8. The quantitative estimate of drug-likeness (QED) is 0.334. The maximum Gasteiger partial charge on any atom is 0.175 e. The first-order chi connectivity index (χ1) is 15.7. The number of aromatic nitrogens is 1. The molecular weight excluding hydrogens is 394 g/mol. The molecule has 1 N–H and O–H groups in total. The molecule has 0 amide bonds. The molecule has 2 aliphatic rings. The molecule has 0 bridgehead atoms. The van der Waals surface area contributed by atoms with Crippen molar-refractivity contribution < 1.29 is 9.53 Å². The number of carbonyl (C=O) groups is 1. The Bertz CT molecular complexity index is 1640. The number of benzene rings is 4. The maximum absolute atomic E-state index is 14.2. The third-order valence-electron chi connectivity index (χ3n) is 6.94. The first-order valence-corrected chi connectivity index (χ1v) is 10.8. The number of aromatic amines is 1. The summed E-state index contributed by atoms with van der Waals surface area (Å²) in [5.74, 6) is 1.53. The molecule has 152 valence electrons. The average Bonchev–Trinajstić information content (AvgIpc) is 3.24. The van der Waals surface area contributed by atoms with Gasteiger partial charge >= 0.3 is 0 Å². The van der Waals surface area contributed by atoms with Crippen molar-refractivity contribution in [1.29, 1.82) is 0 Å². The second-order valence-electron chi connectivity index (χ2n) is 8.68. The normalized spacial score (nSPS) is 18.5. The minimum Gasteiger partial charge on any atom is -0.457 e. The number of hydrogen-bond acceptors (Lipinski definition) is 2. The van der Waals surface area contributed by atoms with Crippen LogP contribution in [-0.4, -0.2) is 10.8 Å². The number of H-pyrrole nitrogens is 1. The van der Waals surface area contributed by atoms with E-state index in [-0.39, 0.29) is 5.78 Å². The number of rotatable bonds is 1. The largest absolute Gasteiger partial charge is 0.457 e. The lowest BCUT2D eigenvalue weighted by Gasteiger charge is -2.41. The molecule has 4 aromatic carbocycles. The summed E-state index contributed by atoms with van der Waals surface area (Å²) in [5.41, 5.74) is 5.04. The van der Waals surface area contributed by atoms with E-state index in [4.69, 9.17) is 4.74 Å². The van der Waals surface area contributed by atoms with Crippen LogP contribution in [0.2, 0.25) is 0 Å². The molecule has 3 heteroatoms. The van der Waals surface area contributed by atoms with Crippen LogP contribution >= 0.6 is 0 Å². The smallest absolute Gasteiger partial charge is 0.175 e. The van der Waals surface area contributed by atoms with Crippen LogP contribution in [0.3, 0.4) is 0 Å². The van der Waals surface area contributed by atoms with Crippen molar-refractivity contribution in [3.63, 3.8) is 0 Å². The molecule has 3 nitrogen and oxygen atoms in total. The van der Waals surface area contributed by atoms with Crippen LogP contribution in [0.15, 0.2) is 85.1 Å². The first kappa shape index (κ1) is 17.6. The molecule has 2 heterocycles. The number of ketones is 1. The Morgan fingerprint density at radius 1 is 0.812 bits per heavy atom. The monoisotopic (exact) mass is 413 g/mol. The summed E-state index contributed by atoms with van der Waals surface area (Å²) >= 11 is 0. The minimum absolute atomic E-state index is 0.0563. The highest BCUT2D eigenvalue weighted by atomic mass is 16.5. The average molecular weight is 413 g/mol. The van der Waals surface area contributed by atoms with Crippen LogP contribution in [0.5, 0.6) is 11.5 Å². The molecule has 0 radical (unpaired) electrons. The fraction of sp³-hybridized carbons (Fsp3) is 0.0690. The van der Waals surface area contributed by atoms with Gasteiger partial charge in [-0.15, -0.1) is 0 Å². The molecule has 7 rings (SSSR count). The Balaban J connectivity index is 1.75. The van der Waals surface area contributed by atoms with E-state index in [9.17, 15) is 4.79 Å². The van der Waals surface area contributed by atoms with Crippen molar-refractivity contribution >= 4 is 33.5 Å². The van der Waals surface area contributed by atoms with Crippen LogP contribution < -0.4 is 4.74 Å². The molecule has 0 fully saturated rings. The fourth-order valence-corrected chi connectivity index (χ4v) is 5.62. The third kappa shape index (κ3) is 2.03. The highest BCUT2D eigenvalue weighted by Crippen LogP contribution is 2.58. The summed E-state index contributed by atoms with van der Waals surface area (Å²) in [6.07, 6.45) is 5.66. The summed E-state index contributed by atoms with van der Waals surface area (Å²) in [6, 6.07) is 24.7. The minimum atomic E-state index is -0.985. The molecule has 1 aromatic heterocycles. The van der Waals surface area contributed by atoms with Gasteiger partial charge in [-0.05, 0) is 53.6 Å². The summed E-state index contributed by atoms with van der Waals surface area (Å²) in [7, 11) is 0. The van der Waals surface area contributed by atoms with Gasteiger partial charge in [0.2, 0.25) is 0 Å². The van der Waals surface area contributed by atoms with E-state index < -0.39 is 5.41 Å². The standard InChI is InChI=1S/C29H19NO2/c1-17-9-12-23-21(15-17)22(16-30-23)29-26(31)14-11-19-6-4-8-24(27(19)29)32-25-13-10-18-5-2-3-7-20(18)28(25)29/h2-16,30H,1H3. The predicted molar refractivity (Wildman–Crippen MR) is 127 cm³/mol. The molecule has 32 heavy (non-hydrogen) atoms. The lowest BCUT2D eigenvalue weighted by molar-refractivity contribution is -0.117. The Hall–Kier alpha value is -4.11. The van der Waals surface area contributed by atoms with E-state index >= 15 is 0 Å². The van der Waals surface area contributed by atoms with E-state index in [1.807, 2.05) is 42.6 Å². The van der Waals surface area contributed by atoms with E-state index in [2.05, 4.69) is 54.4 Å². The van der Waals surface area contributed by atoms with Crippen molar-refractivity contribution in [2.45, 2.75) is 12.3 Å². The summed E-state index contributed by atoms with van der Waals surface area (Å²) in [6.45, 7) is 2.09. The number of fused-ring (bicyclic) bond motifs is 5. The summed E-state index contributed by atoms with van der Waals surface area (Å²) in [4.78, 5) is 17.6. The SMILES string of the molecule is Cc1ccc2[nH]cc(C34C(=O)C=Cc5cccc(c53)Oc3ccc5ccccc5c34)c2c1. The van der Waals surface area contributed by atoms with E-state index in [0.717, 1.165) is 61.0 Å². The molecule has 1 atom stereocenters. The summed E-state index contributed by atoms with van der Waals surface area (Å²) in [5, 5.41) is 3.19. The zero-order chi connectivity index (χ0) is 21.4.